The first-order valence-corrected chi connectivity index (χ1v) is 13.5. The summed E-state index contributed by atoms with van der Waals surface area (Å²) in [5, 5.41) is 8.26. The van der Waals surface area contributed by atoms with Crippen LogP contribution in [-0.4, -0.2) is 73.0 Å². The van der Waals surface area contributed by atoms with Crippen molar-refractivity contribution in [2.24, 2.45) is 0 Å². The molecule has 0 unspecified atom stereocenters. The van der Waals surface area contributed by atoms with Crippen molar-refractivity contribution in [2.45, 2.75) is 85.5 Å². The first-order chi connectivity index (χ1) is 16.2. The molecule has 4 rings (SSSR count). The van der Waals surface area contributed by atoms with Gasteiger partial charge in [-0.2, -0.15) is 13.3 Å². The zero-order chi connectivity index (χ0) is 24.6. The van der Waals surface area contributed by atoms with E-state index in [0.717, 1.165) is 39.3 Å². The van der Waals surface area contributed by atoms with Crippen LogP contribution in [0.1, 0.15) is 85.5 Å². The van der Waals surface area contributed by atoms with Crippen LogP contribution in [0.3, 0.4) is 0 Å². The van der Waals surface area contributed by atoms with Crippen molar-refractivity contribution in [2.75, 3.05) is 53.4 Å². The third kappa shape index (κ3) is 28.8. The van der Waals surface area contributed by atoms with E-state index in [-0.39, 0.29) is 57.0 Å². The standard InChI is InChI=1S/C14H24N4.C5H10N.C4H8N.2C2H6.2CH3.2Pt.2H/c1-15-9-11-17(13-15)7-5-3-4-6-8-18-12-10-16(2)14-18;1-2-4-6-5-3-1;1-2-4-5-3-1;2*1-2;;;;;;/h9-14H,3-8H2,1-2H3;1-5H2;1-4H2;2*1-2H3;2*1H3;;;;/q-2;2*-1;;;2*-1;;;;. The number of unbranched alkanes of at least 4 members (excludes halogenated alkanes) is 3. The Morgan fingerprint density at radius 3 is 1.08 bits per heavy atom. The van der Waals surface area contributed by atoms with E-state index in [4.69, 9.17) is 0 Å². The van der Waals surface area contributed by atoms with Crippen LogP contribution in [-0.2, 0) is 42.1 Å². The fraction of sp³-hybridized carbons (Fsp3) is 0.724. The van der Waals surface area contributed by atoms with Gasteiger partial charge in [0.2, 0.25) is 0 Å². The average molecular weight is 885 g/mol. The molecule has 0 aromatic heterocycles. The molecule has 2 fully saturated rings. The van der Waals surface area contributed by atoms with E-state index in [0.29, 0.717) is 0 Å². The molecule has 0 spiro atoms. The molecule has 0 N–H and O–H groups in total. The van der Waals surface area contributed by atoms with E-state index in [1.54, 1.807) is 0 Å². The molecule has 4 aliphatic heterocycles. The van der Waals surface area contributed by atoms with Crippen LogP contribution >= 0.6 is 0 Å². The summed E-state index contributed by atoms with van der Waals surface area (Å²) in [6.45, 7) is 19.1. The second-order valence-corrected chi connectivity index (χ2v) is 8.16. The van der Waals surface area contributed by atoms with Crippen LogP contribution < -0.4 is 0 Å². The van der Waals surface area contributed by atoms with Gasteiger partial charge in [-0.1, -0.05) is 72.6 Å². The van der Waals surface area contributed by atoms with Crippen molar-refractivity contribution in [3.05, 3.63) is 63.6 Å². The van der Waals surface area contributed by atoms with Gasteiger partial charge in [-0.3, -0.25) is 0 Å². The molecular weight excluding hydrogens is 823 g/mol. The molecule has 0 atom stereocenters. The number of hydrogen-bond donors (Lipinski definition) is 0. The van der Waals surface area contributed by atoms with Gasteiger partial charge in [-0.05, 0) is 64.8 Å². The molecule has 4 aliphatic rings. The average Bonchev–Trinajstić information content (AvgIpc) is 3.66. The van der Waals surface area contributed by atoms with E-state index >= 15 is 0 Å². The molecule has 6 nitrogen and oxygen atoms in total. The summed E-state index contributed by atoms with van der Waals surface area (Å²) in [5.41, 5.74) is 0. The second-order valence-electron chi connectivity index (χ2n) is 8.16. The van der Waals surface area contributed by atoms with Gasteiger partial charge in [0.1, 0.15) is 0 Å². The van der Waals surface area contributed by atoms with Crippen molar-refractivity contribution >= 4 is 0 Å². The predicted octanol–water partition coefficient (Wildman–Crippen LogP) is 7.33. The van der Waals surface area contributed by atoms with Gasteiger partial charge in [-0.15, -0.1) is 26.2 Å². The molecule has 8 heteroatoms. The molecule has 4 heterocycles. The Balaban J connectivity index is -0.000000150. The van der Waals surface area contributed by atoms with Gasteiger partial charge in [0.05, 0.1) is 0 Å². The van der Waals surface area contributed by atoms with Gasteiger partial charge in [0.25, 0.3) is 0 Å². The summed E-state index contributed by atoms with van der Waals surface area (Å²) in [5.74, 6) is 0. The van der Waals surface area contributed by atoms with Crippen LogP contribution in [0.5, 0.6) is 0 Å². The number of rotatable bonds is 7. The van der Waals surface area contributed by atoms with E-state index in [1.165, 1.54) is 57.8 Å². The Hall–Kier alpha value is -0.0234. The Kier molecular flexibility index (Phi) is 45.5. The molecule has 0 aromatic rings. The summed E-state index contributed by atoms with van der Waals surface area (Å²) >= 11 is 0. The first kappa shape index (κ1) is 46.8. The predicted molar refractivity (Wildman–Crippen MR) is 162 cm³/mol. The molecule has 37 heavy (non-hydrogen) atoms. The van der Waals surface area contributed by atoms with Gasteiger partial charge < -0.3 is 45.1 Å². The normalized spacial score (nSPS) is 16.5. The topological polar surface area (TPSA) is 41.2 Å². The summed E-state index contributed by atoms with van der Waals surface area (Å²) in [6, 6.07) is 0. The Morgan fingerprint density at radius 1 is 0.541 bits per heavy atom. The van der Waals surface area contributed by atoms with Crippen molar-refractivity contribution in [1.29, 1.82) is 0 Å². The van der Waals surface area contributed by atoms with Crippen molar-refractivity contribution in [3.63, 3.8) is 0 Å². The maximum absolute atomic E-state index is 4.18. The van der Waals surface area contributed by atoms with Crippen LogP contribution in [0.4, 0.5) is 0 Å². The second kappa shape index (κ2) is 36.0. The molecule has 234 valence electrons. The number of piperidine rings is 1. The van der Waals surface area contributed by atoms with Crippen molar-refractivity contribution in [3.8, 4) is 0 Å². The van der Waals surface area contributed by atoms with E-state index < -0.39 is 0 Å². The van der Waals surface area contributed by atoms with E-state index in [9.17, 15) is 0 Å². The minimum absolute atomic E-state index is 0. The molecule has 0 bridgehead atoms. The van der Waals surface area contributed by atoms with Crippen LogP contribution in [0.15, 0.2) is 24.8 Å². The summed E-state index contributed by atoms with van der Waals surface area (Å²) in [7, 11) is 4.13. The zero-order valence-electron chi connectivity index (χ0n) is 25.4. The molecular formula is C29H62N6Pt2-6. The third-order valence-corrected chi connectivity index (χ3v) is 5.25. The van der Waals surface area contributed by atoms with Crippen LogP contribution in [0.25, 0.3) is 10.6 Å². The minimum atomic E-state index is 0. The fourth-order valence-corrected chi connectivity index (χ4v) is 3.51. The Morgan fingerprint density at radius 2 is 0.865 bits per heavy atom. The van der Waals surface area contributed by atoms with Crippen molar-refractivity contribution < 1.29 is 42.1 Å². The monoisotopic (exact) mass is 884 g/mol. The molecule has 0 radical (unpaired) electrons. The van der Waals surface area contributed by atoms with Crippen molar-refractivity contribution in [1.82, 2.24) is 19.6 Å². The Bertz CT molecular complexity index is 409. The fourth-order valence-electron chi connectivity index (χ4n) is 3.51. The molecule has 0 saturated carbocycles. The van der Waals surface area contributed by atoms with E-state index in [2.05, 4.69) is 82.5 Å². The SMILES string of the molecule is C1CC[N-]C1.C1CC[N-]CC1.CC.CC.CN1C=CN(CCCCCCN2C=CN(C)[CH-]2)[CH-]1.[CH3-].[CH3-].[PtH].[PtH]. The number of nitrogens with zero attached hydrogens (tertiary/aromatic N) is 6. The van der Waals surface area contributed by atoms with Crippen LogP contribution in [0, 0.1) is 28.2 Å². The molecule has 0 aromatic carbocycles. The van der Waals surface area contributed by atoms with Gasteiger partial charge in [0, 0.05) is 0 Å². The summed E-state index contributed by atoms with van der Waals surface area (Å²) in [6.07, 6.45) is 20.4. The third-order valence-electron chi connectivity index (χ3n) is 5.25. The van der Waals surface area contributed by atoms with Gasteiger partial charge >= 0.3 is 42.1 Å². The van der Waals surface area contributed by atoms with Crippen LogP contribution in [0.2, 0.25) is 0 Å². The molecule has 2 saturated heterocycles. The quantitative estimate of drug-likeness (QED) is 0.199. The molecule has 0 amide bonds. The Labute approximate surface area is 263 Å². The summed E-state index contributed by atoms with van der Waals surface area (Å²) in [4.78, 5) is 8.69. The zero-order valence-corrected chi connectivity index (χ0v) is 30.2. The maximum atomic E-state index is 4.18. The van der Waals surface area contributed by atoms with Gasteiger partial charge in [-0.25, -0.2) is 0 Å². The number of hydrogen-bond acceptors (Lipinski definition) is 4. The van der Waals surface area contributed by atoms with Gasteiger partial charge in [0.15, 0.2) is 0 Å². The molecule has 0 aliphatic carbocycles. The summed E-state index contributed by atoms with van der Waals surface area (Å²) < 4.78 is 0. The van der Waals surface area contributed by atoms with E-state index in [1.807, 2.05) is 27.7 Å². The first-order valence-electron chi connectivity index (χ1n) is 13.5.